The van der Waals surface area contributed by atoms with Crippen LogP contribution in [0.2, 0.25) is 0 Å². The summed E-state index contributed by atoms with van der Waals surface area (Å²) in [6.07, 6.45) is 4.04. The first-order chi connectivity index (χ1) is 9.51. The van der Waals surface area contributed by atoms with Crippen LogP contribution in [0.4, 0.5) is 5.95 Å². The number of aromatic amines is 1. The molecule has 0 atom stereocenters. The van der Waals surface area contributed by atoms with Gasteiger partial charge in [-0.25, -0.2) is 15.0 Å². The number of aromatic nitrogens is 4. The van der Waals surface area contributed by atoms with E-state index < -0.39 is 5.56 Å². The Morgan fingerprint density at radius 3 is 2.95 bits per heavy atom. The Kier molecular flexibility index (Phi) is 3.71. The summed E-state index contributed by atoms with van der Waals surface area (Å²) in [5.41, 5.74) is 5.44. The molecule has 20 heavy (non-hydrogen) atoms. The molecule has 0 radical (unpaired) electrons. The highest BCUT2D eigenvalue weighted by Gasteiger charge is 2.06. The van der Waals surface area contributed by atoms with E-state index in [2.05, 4.69) is 19.9 Å². The molecule has 2 aromatic rings. The molecule has 0 aromatic carbocycles. The van der Waals surface area contributed by atoms with Crippen molar-refractivity contribution >= 4 is 29.1 Å². The summed E-state index contributed by atoms with van der Waals surface area (Å²) in [6.45, 7) is 0. The Labute approximate surface area is 113 Å². The number of hydrogen-bond donors (Lipinski definition) is 2. The Bertz CT molecular complexity index is 739. The van der Waals surface area contributed by atoms with Gasteiger partial charge in [-0.2, -0.15) is 4.98 Å². The minimum Gasteiger partial charge on any atom is -0.369 e. The molecule has 0 saturated carbocycles. The lowest BCUT2D eigenvalue weighted by Crippen LogP contribution is -2.23. The number of anilines is 1. The molecule has 0 unspecified atom stereocenters. The number of hydroxylamine groups is 2. The highest BCUT2D eigenvalue weighted by atomic mass is 16.7. The zero-order valence-electron chi connectivity index (χ0n) is 10.8. The molecule has 0 spiro atoms. The van der Waals surface area contributed by atoms with Crippen molar-refractivity contribution in [3.63, 3.8) is 0 Å². The van der Waals surface area contributed by atoms with E-state index in [-0.39, 0.29) is 23.0 Å². The molecule has 0 fully saturated rings. The first-order valence-electron chi connectivity index (χ1n) is 5.53. The van der Waals surface area contributed by atoms with Crippen LogP contribution in [0.25, 0.3) is 17.2 Å². The summed E-state index contributed by atoms with van der Waals surface area (Å²) in [7, 11) is 2.84. The topological polar surface area (TPSA) is 127 Å². The molecule has 9 heteroatoms. The zero-order valence-corrected chi connectivity index (χ0v) is 10.8. The Hall–Kier alpha value is -2.81. The molecule has 0 saturated heterocycles. The average molecular weight is 276 g/mol. The van der Waals surface area contributed by atoms with E-state index in [0.717, 1.165) is 5.06 Å². The standard InChI is InChI=1S/C11H12N6O3/c1-17(20-2)7(18)4-3-6-5-13-9-8(14-6)10(19)16-11(12)15-9/h3-5H,1-2H3,(H3,12,13,15,16,19)/b4-3+. The van der Waals surface area contributed by atoms with Gasteiger partial charge >= 0.3 is 0 Å². The van der Waals surface area contributed by atoms with Crippen LogP contribution in [0, 0.1) is 0 Å². The maximum Gasteiger partial charge on any atom is 0.280 e. The lowest BCUT2D eigenvalue weighted by atomic mass is 10.3. The van der Waals surface area contributed by atoms with Crippen LogP contribution in [-0.2, 0) is 9.63 Å². The highest BCUT2D eigenvalue weighted by molar-refractivity contribution is 5.90. The van der Waals surface area contributed by atoms with E-state index in [4.69, 9.17) is 10.6 Å². The molecule has 104 valence electrons. The Morgan fingerprint density at radius 2 is 2.25 bits per heavy atom. The molecule has 0 bridgehead atoms. The summed E-state index contributed by atoms with van der Waals surface area (Å²) in [6, 6.07) is 0. The van der Waals surface area contributed by atoms with Crippen molar-refractivity contribution in [1.82, 2.24) is 25.0 Å². The number of nitrogens with zero attached hydrogens (tertiary/aromatic N) is 4. The van der Waals surface area contributed by atoms with Crippen LogP contribution in [0.3, 0.4) is 0 Å². The van der Waals surface area contributed by atoms with E-state index in [1.165, 1.54) is 32.5 Å². The molecule has 2 aromatic heterocycles. The summed E-state index contributed by atoms with van der Waals surface area (Å²) >= 11 is 0. The number of carbonyl (C=O) groups excluding carboxylic acids is 1. The van der Waals surface area contributed by atoms with Gasteiger partial charge in [-0.15, -0.1) is 0 Å². The lowest BCUT2D eigenvalue weighted by Gasteiger charge is -2.09. The summed E-state index contributed by atoms with van der Waals surface area (Å²) < 4.78 is 0. The number of nitrogen functional groups attached to an aromatic ring is 1. The Morgan fingerprint density at radius 1 is 1.50 bits per heavy atom. The third-order valence-electron chi connectivity index (χ3n) is 2.44. The predicted molar refractivity (Wildman–Crippen MR) is 71.2 cm³/mol. The predicted octanol–water partition coefficient (Wildman–Crippen LogP) is -0.672. The van der Waals surface area contributed by atoms with Gasteiger partial charge in [-0.3, -0.25) is 19.4 Å². The molecule has 0 aliphatic heterocycles. The van der Waals surface area contributed by atoms with Gasteiger partial charge in [0.1, 0.15) is 0 Å². The second-order valence-corrected chi connectivity index (χ2v) is 3.77. The van der Waals surface area contributed by atoms with Crippen LogP contribution >= 0.6 is 0 Å². The normalized spacial score (nSPS) is 11.1. The third-order valence-corrected chi connectivity index (χ3v) is 2.44. The minimum absolute atomic E-state index is 0.0306. The number of H-pyrrole nitrogens is 1. The van der Waals surface area contributed by atoms with Gasteiger partial charge in [0.2, 0.25) is 5.95 Å². The SMILES string of the molecule is CON(C)C(=O)/C=C/c1cnc2nc(N)[nH]c(=O)c2n1. The number of fused-ring (bicyclic) bond motifs is 1. The van der Waals surface area contributed by atoms with Crippen molar-refractivity contribution in [1.29, 1.82) is 0 Å². The smallest absolute Gasteiger partial charge is 0.280 e. The molecule has 3 N–H and O–H groups in total. The zero-order chi connectivity index (χ0) is 14.7. The molecule has 2 rings (SSSR count). The number of hydrogen-bond acceptors (Lipinski definition) is 7. The fourth-order valence-electron chi connectivity index (χ4n) is 1.38. The highest BCUT2D eigenvalue weighted by Crippen LogP contribution is 2.04. The van der Waals surface area contributed by atoms with Crippen molar-refractivity contribution in [3.05, 3.63) is 28.3 Å². The van der Waals surface area contributed by atoms with Crippen LogP contribution in [-0.4, -0.2) is 45.1 Å². The van der Waals surface area contributed by atoms with Gasteiger partial charge < -0.3 is 5.73 Å². The average Bonchev–Trinajstić information content (AvgIpc) is 2.44. The quantitative estimate of drug-likeness (QED) is 0.562. The maximum atomic E-state index is 11.6. The van der Waals surface area contributed by atoms with Gasteiger partial charge in [0.25, 0.3) is 11.5 Å². The van der Waals surface area contributed by atoms with E-state index >= 15 is 0 Å². The van der Waals surface area contributed by atoms with Crippen molar-refractivity contribution in [2.75, 3.05) is 19.9 Å². The second-order valence-electron chi connectivity index (χ2n) is 3.77. The van der Waals surface area contributed by atoms with E-state index in [1.807, 2.05) is 0 Å². The van der Waals surface area contributed by atoms with Crippen molar-refractivity contribution in [2.24, 2.45) is 0 Å². The largest absolute Gasteiger partial charge is 0.369 e. The second kappa shape index (κ2) is 5.45. The van der Waals surface area contributed by atoms with E-state index in [1.54, 1.807) is 0 Å². The van der Waals surface area contributed by atoms with Crippen LogP contribution < -0.4 is 11.3 Å². The molecule has 0 aliphatic carbocycles. The van der Waals surface area contributed by atoms with Crippen molar-refractivity contribution in [2.45, 2.75) is 0 Å². The first-order valence-corrected chi connectivity index (χ1v) is 5.53. The number of rotatable bonds is 3. The van der Waals surface area contributed by atoms with Gasteiger partial charge in [0, 0.05) is 13.1 Å². The van der Waals surface area contributed by atoms with Crippen LogP contribution in [0.1, 0.15) is 5.69 Å². The molecule has 1 amide bonds. The molecule has 9 nitrogen and oxygen atoms in total. The Balaban J connectivity index is 2.35. The number of likely N-dealkylation sites (N-methyl/N-ethyl adjacent to an activating group) is 1. The summed E-state index contributed by atoms with van der Waals surface area (Å²) in [4.78, 5) is 42.0. The fraction of sp³-hybridized carbons (Fsp3) is 0.182. The van der Waals surface area contributed by atoms with Gasteiger partial charge in [-0.1, -0.05) is 0 Å². The van der Waals surface area contributed by atoms with Gasteiger partial charge in [0.05, 0.1) is 19.0 Å². The minimum atomic E-state index is -0.490. The fourth-order valence-corrected chi connectivity index (χ4v) is 1.38. The molecular weight excluding hydrogens is 264 g/mol. The van der Waals surface area contributed by atoms with Gasteiger partial charge in [-0.05, 0) is 6.08 Å². The number of amides is 1. The van der Waals surface area contributed by atoms with Crippen LogP contribution in [0.5, 0.6) is 0 Å². The monoisotopic (exact) mass is 276 g/mol. The van der Waals surface area contributed by atoms with E-state index in [9.17, 15) is 9.59 Å². The summed E-state index contributed by atoms with van der Waals surface area (Å²) in [5, 5.41) is 1.04. The number of nitrogens with one attached hydrogen (secondary N) is 1. The van der Waals surface area contributed by atoms with Crippen molar-refractivity contribution in [3.8, 4) is 0 Å². The molecular formula is C11H12N6O3. The third kappa shape index (κ3) is 2.78. The molecule has 0 aliphatic rings. The molecule has 2 heterocycles. The maximum absolute atomic E-state index is 11.6. The van der Waals surface area contributed by atoms with Crippen molar-refractivity contribution < 1.29 is 9.63 Å². The number of nitrogens with two attached hydrogens (primary N) is 1. The number of carbonyl (C=O) groups is 1. The van der Waals surface area contributed by atoms with Crippen LogP contribution in [0.15, 0.2) is 17.1 Å². The summed E-state index contributed by atoms with van der Waals surface area (Å²) in [5.74, 6) is -0.407. The van der Waals surface area contributed by atoms with E-state index in [0.29, 0.717) is 5.69 Å². The van der Waals surface area contributed by atoms with Gasteiger partial charge in [0.15, 0.2) is 11.2 Å². The lowest BCUT2D eigenvalue weighted by molar-refractivity contribution is -0.162. The first kappa shape index (κ1) is 13.6.